The third-order valence-corrected chi connectivity index (χ3v) is 3.57. The van der Waals surface area contributed by atoms with E-state index in [0.29, 0.717) is 5.56 Å². The van der Waals surface area contributed by atoms with Crippen LogP contribution in [0.25, 0.3) is 6.08 Å². The third kappa shape index (κ3) is 3.84. The second kappa shape index (κ2) is 7.10. The molecule has 2 rings (SSSR count). The molecule has 1 amide bonds. The first-order chi connectivity index (χ1) is 9.70. The summed E-state index contributed by atoms with van der Waals surface area (Å²) in [4.78, 5) is 16.3. The summed E-state index contributed by atoms with van der Waals surface area (Å²) in [7, 11) is 0. The van der Waals surface area contributed by atoms with E-state index in [1.807, 2.05) is 11.0 Å². The molecule has 1 fully saturated rings. The van der Waals surface area contributed by atoms with E-state index in [-0.39, 0.29) is 11.7 Å². The monoisotopic (exact) mass is 274 g/mol. The van der Waals surface area contributed by atoms with E-state index in [0.717, 1.165) is 39.1 Å². The zero-order valence-corrected chi connectivity index (χ0v) is 12.0. The van der Waals surface area contributed by atoms with Crippen molar-refractivity contribution < 1.29 is 9.90 Å². The summed E-state index contributed by atoms with van der Waals surface area (Å²) in [6, 6.07) is 7.01. The number of phenols is 1. The topological polar surface area (TPSA) is 43.8 Å². The van der Waals surface area contributed by atoms with Crippen molar-refractivity contribution in [2.75, 3.05) is 32.7 Å². The summed E-state index contributed by atoms with van der Waals surface area (Å²) in [5.41, 5.74) is 0.672. The van der Waals surface area contributed by atoms with Crippen LogP contribution in [0.2, 0.25) is 0 Å². The number of nitrogens with zero attached hydrogens (tertiary/aromatic N) is 2. The van der Waals surface area contributed by atoms with Gasteiger partial charge in [0.1, 0.15) is 5.75 Å². The van der Waals surface area contributed by atoms with Crippen molar-refractivity contribution in [1.82, 2.24) is 9.80 Å². The Morgan fingerprint density at radius 2 is 1.95 bits per heavy atom. The van der Waals surface area contributed by atoms with Crippen LogP contribution in [0.3, 0.4) is 0 Å². The minimum atomic E-state index is 0.0180. The number of phenolic OH excluding ortho intramolecular Hbond substituents is 1. The standard InChI is InChI=1S/C16H22N2O2/c1-2-9-17-10-12-18(13-11-17)16(20)8-7-14-5-3-4-6-15(14)19/h3-8,19H,2,9-13H2,1H3/b8-7+. The quantitative estimate of drug-likeness (QED) is 0.854. The van der Waals surface area contributed by atoms with Crippen LogP contribution in [0.1, 0.15) is 18.9 Å². The fraction of sp³-hybridized carbons (Fsp3) is 0.438. The first kappa shape index (κ1) is 14.6. The van der Waals surface area contributed by atoms with E-state index >= 15 is 0 Å². The summed E-state index contributed by atoms with van der Waals surface area (Å²) >= 11 is 0. The maximum Gasteiger partial charge on any atom is 0.246 e. The van der Waals surface area contributed by atoms with Gasteiger partial charge < -0.3 is 10.0 Å². The van der Waals surface area contributed by atoms with Gasteiger partial charge in [-0.1, -0.05) is 25.1 Å². The summed E-state index contributed by atoms with van der Waals surface area (Å²) in [5.74, 6) is 0.216. The molecule has 108 valence electrons. The number of piperazine rings is 1. The van der Waals surface area contributed by atoms with E-state index in [4.69, 9.17) is 0 Å². The van der Waals surface area contributed by atoms with Crippen LogP contribution in [-0.2, 0) is 4.79 Å². The molecule has 1 N–H and O–H groups in total. The number of benzene rings is 1. The zero-order valence-electron chi connectivity index (χ0n) is 12.0. The van der Waals surface area contributed by atoms with Crippen molar-refractivity contribution in [2.24, 2.45) is 0 Å². The van der Waals surface area contributed by atoms with Gasteiger partial charge in [-0.25, -0.2) is 0 Å². The van der Waals surface area contributed by atoms with Gasteiger partial charge >= 0.3 is 0 Å². The maximum atomic E-state index is 12.1. The molecule has 1 aliphatic rings. The Kier molecular flexibility index (Phi) is 5.18. The number of amides is 1. The van der Waals surface area contributed by atoms with Gasteiger partial charge in [-0.2, -0.15) is 0 Å². The summed E-state index contributed by atoms with van der Waals surface area (Å²) < 4.78 is 0. The van der Waals surface area contributed by atoms with Gasteiger partial charge in [-0.3, -0.25) is 9.69 Å². The lowest BCUT2D eigenvalue weighted by Gasteiger charge is -2.34. The molecular weight excluding hydrogens is 252 g/mol. The van der Waals surface area contributed by atoms with E-state index in [9.17, 15) is 9.90 Å². The van der Waals surface area contributed by atoms with E-state index in [1.165, 1.54) is 0 Å². The molecule has 4 nitrogen and oxygen atoms in total. The van der Waals surface area contributed by atoms with E-state index in [1.54, 1.807) is 30.4 Å². The highest BCUT2D eigenvalue weighted by Crippen LogP contribution is 2.17. The molecule has 1 aliphatic heterocycles. The van der Waals surface area contributed by atoms with Crippen LogP contribution in [0.15, 0.2) is 30.3 Å². The normalized spacial score (nSPS) is 16.8. The molecule has 0 spiro atoms. The molecular formula is C16H22N2O2. The smallest absolute Gasteiger partial charge is 0.246 e. The fourth-order valence-electron chi connectivity index (χ4n) is 2.40. The maximum absolute atomic E-state index is 12.1. The highest BCUT2D eigenvalue weighted by atomic mass is 16.3. The summed E-state index contributed by atoms with van der Waals surface area (Å²) in [6.45, 7) is 6.74. The number of hydrogen-bond donors (Lipinski definition) is 1. The molecule has 0 saturated carbocycles. The average molecular weight is 274 g/mol. The zero-order chi connectivity index (χ0) is 14.4. The number of hydrogen-bond acceptors (Lipinski definition) is 3. The van der Waals surface area contributed by atoms with Gasteiger partial charge in [0.25, 0.3) is 0 Å². The Morgan fingerprint density at radius 1 is 1.25 bits per heavy atom. The second-order valence-corrected chi connectivity index (χ2v) is 5.06. The molecule has 0 aromatic heterocycles. The van der Waals surface area contributed by atoms with Gasteiger partial charge in [-0.05, 0) is 25.1 Å². The number of carbonyl (C=O) groups excluding carboxylic acids is 1. The largest absolute Gasteiger partial charge is 0.507 e. The third-order valence-electron chi connectivity index (χ3n) is 3.57. The SMILES string of the molecule is CCCN1CCN(C(=O)/C=C/c2ccccc2O)CC1. The van der Waals surface area contributed by atoms with Crippen molar-refractivity contribution in [3.8, 4) is 5.75 Å². The van der Waals surface area contributed by atoms with Crippen LogP contribution in [-0.4, -0.2) is 53.5 Å². The first-order valence-corrected chi connectivity index (χ1v) is 7.18. The molecule has 0 aliphatic carbocycles. The lowest BCUT2D eigenvalue weighted by molar-refractivity contribution is -0.127. The first-order valence-electron chi connectivity index (χ1n) is 7.18. The van der Waals surface area contributed by atoms with Crippen LogP contribution >= 0.6 is 0 Å². The Bertz CT molecular complexity index is 477. The fourth-order valence-corrected chi connectivity index (χ4v) is 2.40. The Hall–Kier alpha value is -1.81. The minimum absolute atomic E-state index is 0.0180. The minimum Gasteiger partial charge on any atom is -0.507 e. The molecule has 4 heteroatoms. The van der Waals surface area contributed by atoms with Crippen LogP contribution in [0.5, 0.6) is 5.75 Å². The van der Waals surface area contributed by atoms with Crippen molar-refractivity contribution in [3.05, 3.63) is 35.9 Å². The van der Waals surface area contributed by atoms with Crippen LogP contribution < -0.4 is 0 Å². The lowest BCUT2D eigenvalue weighted by Crippen LogP contribution is -2.48. The molecule has 20 heavy (non-hydrogen) atoms. The van der Waals surface area contributed by atoms with E-state index < -0.39 is 0 Å². The predicted octanol–water partition coefficient (Wildman–Crippen LogP) is 1.96. The second-order valence-electron chi connectivity index (χ2n) is 5.06. The number of aromatic hydroxyl groups is 1. The van der Waals surface area contributed by atoms with Gasteiger partial charge in [0.15, 0.2) is 0 Å². The number of para-hydroxylation sites is 1. The number of rotatable bonds is 4. The van der Waals surface area contributed by atoms with Gasteiger partial charge in [0, 0.05) is 37.8 Å². The molecule has 1 aromatic carbocycles. The van der Waals surface area contributed by atoms with Crippen molar-refractivity contribution >= 4 is 12.0 Å². The van der Waals surface area contributed by atoms with E-state index in [2.05, 4.69) is 11.8 Å². The van der Waals surface area contributed by atoms with Crippen LogP contribution in [0, 0.1) is 0 Å². The van der Waals surface area contributed by atoms with Crippen molar-refractivity contribution in [3.63, 3.8) is 0 Å². The van der Waals surface area contributed by atoms with Crippen molar-refractivity contribution in [1.29, 1.82) is 0 Å². The Balaban J connectivity index is 1.88. The molecule has 0 unspecified atom stereocenters. The Labute approximate surface area is 120 Å². The molecule has 0 bridgehead atoms. The van der Waals surface area contributed by atoms with Gasteiger partial charge in [0.05, 0.1) is 0 Å². The lowest BCUT2D eigenvalue weighted by atomic mass is 10.2. The molecule has 1 saturated heterocycles. The highest BCUT2D eigenvalue weighted by Gasteiger charge is 2.18. The Morgan fingerprint density at radius 3 is 2.60 bits per heavy atom. The summed E-state index contributed by atoms with van der Waals surface area (Å²) in [5, 5.41) is 9.64. The molecule has 1 aromatic rings. The van der Waals surface area contributed by atoms with Gasteiger partial charge in [-0.15, -0.1) is 0 Å². The molecule has 0 radical (unpaired) electrons. The number of carbonyl (C=O) groups is 1. The van der Waals surface area contributed by atoms with Crippen molar-refractivity contribution in [2.45, 2.75) is 13.3 Å². The van der Waals surface area contributed by atoms with Crippen LogP contribution in [0.4, 0.5) is 0 Å². The highest BCUT2D eigenvalue weighted by molar-refractivity contribution is 5.92. The molecule has 0 atom stereocenters. The summed E-state index contributed by atoms with van der Waals surface area (Å²) in [6.07, 6.45) is 4.38. The molecule has 1 heterocycles. The van der Waals surface area contributed by atoms with Gasteiger partial charge in [0.2, 0.25) is 5.91 Å². The average Bonchev–Trinajstić information content (AvgIpc) is 2.47. The predicted molar refractivity (Wildman–Crippen MR) is 80.5 cm³/mol.